The predicted molar refractivity (Wildman–Crippen MR) is 86.4 cm³/mol. The van der Waals surface area contributed by atoms with Crippen molar-refractivity contribution in [3.63, 3.8) is 0 Å². The highest BCUT2D eigenvalue weighted by Gasteiger charge is 2.33. The van der Waals surface area contributed by atoms with E-state index in [-0.39, 0.29) is 12.1 Å². The first-order valence-corrected chi connectivity index (χ1v) is 8.19. The van der Waals surface area contributed by atoms with E-state index in [0.717, 1.165) is 37.7 Å². The summed E-state index contributed by atoms with van der Waals surface area (Å²) >= 11 is 0. The lowest BCUT2D eigenvalue weighted by atomic mass is 10.0. The summed E-state index contributed by atoms with van der Waals surface area (Å²) in [6.07, 6.45) is 3.38. The lowest BCUT2D eigenvalue weighted by Crippen LogP contribution is -2.39. The van der Waals surface area contributed by atoms with Crippen LogP contribution in [0.3, 0.4) is 0 Å². The van der Waals surface area contributed by atoms with Crippen LogP contribution in [0.25, 0.3) is 0 Å². The molecular formula is C16H26N4O2. The van der Waals surface area contributed by atoms with Crippen molar-refractivity contribution in [1.82, 2.24) is 9.97 Å². The molecule has 2 saturated heterocycles. The SMILES string of the molecule is CC1(C)CCCN1c1cc([C@H]2CCOC2)nc(NCCO)n1. The van der Waals surface area contributed by atoms with Crippen molar-refractivity contribution in [2.75, 3.05) is 43.1 Å². The van der Waals surface area contributed by atoms with Gasteiger partial charge in [-0.05, 0) is 33.1 Å². The summed E-state index contributed by atoms with van der Waals surface area (Å²) in [6, 6.07) is 2.12. The van der Waals surface area contributed by atoms with Crippen molar-refractivity contribution in [3.8, 4) is 0 Å². The Hall–Kier alpha value is -1.40. The van der Waals surface area contributed by atoms with Crippen molar-refractivity contribution in [3.05, 3.63) is 11.8 Å². The number of nitrogens with zero attached hydrogens (tertiary/aromatic N) is 3. The van der Waals surface area contributed by atoms with Gasteiger partial charge in [0.2, 0.25) is 5.95 Å². The molecule has 2 aliphatic rings. The first-order valence-electron chi connectivity index (χ1n) is 8.19. The number of nitrogens with one attached hydrogen (secondary N) is 1. The van der Waals surface area contributed by atoms with Crippen LogP contribution < -0.4 is 10.2 Å². The normalized spacial score (nSPS) is 24.0. The molecule has 0 saturated carbocycles. The molecule has 1 aromatic heterocycles. The molecule has 3 heterocycles. The molecule has 2 N–H and O–H groups in total. The van der Waals surface area contributed by atoms with Gasteiger partial charge in [-0.25, -0.2) is 4.98 Å². The number of aromatic nitrogens is 2. The lowest BCUT2D eigenvalue weighted by Gasteiger charge is -2.33. The fraction of sp³-hybridized carbons (Fsp3) is 0.750. The van der Waals surface area contributed by atoms with Gasteiger partial charge in [-0.1, -0.05) is 0 Å². The van der Waals surface area contributed by atoms with E-state index >= 15 is 0 Å². The van der Waals surface area contributed by atoms with Crippen LogP contribution in [-0.4, -0.2) is 53.5 Å². The van der Waals surface area contributed by atoms with Gasteiger partial charge in [-0.2, -0.15) is 4.98 Å². The second-order valence-electron chi connectivity index (χ2n) is 6.75. The Balaban J connectivity index is 1.91. The third-order valence-electron chi connectivity index (χ3n) is 4.65. The summed E-state index contributed by atoms with van der Waals surface area (Å²) in [5, 5.41) is 12.1. The molecule has 1 aromatic rings. The highest BCUT2D eigenvalue weighted by Crippen LogP contribution is 2.35. The Morgan fingerprint density at radius 3 is 2.95 bits per heavy atom. The third kappa shape index (κ3) is 3.17. The van der Waals surface area contributed by atoms with Crippen molar-refractivity contribution in [2.45, 2.75) is 44.6 Å². The smallest absolute Gasteiger partial charge is 0.224 e. The van der Waals surface area contributed by atoms with Crippen LogP contribution in [0.1, 0.15) is 44.7 Å². The van der Waals surface area contributed by atoms with E-state index in [4.69, 9.17) is 9.84 Å². The van der Waals surface area contributed by atoms with E-state index in [1.54, 1.807) is 0 Å². The van der Waals surface area contributed by atoms with Gasteiger partial charge in [0, 0.05) is 37.2 Å². The van der Waals surface area contributed by atoms with E-state index in [9.17, 15) is 0 Å². The van der Waals surface area contributed by atoms with Gasteiger partial charge in [-0.15, -0.1) is 0 Å². The maximum Gasteiger partial charge on any atom is 0.224 e. The highest BCUT2D eigenvalue weighted by atomic mass is 16.5. The average molecular weight is 306 g/mol. The summed E-state index contributed by atoms with van der Waals surface area (Å²) < 4.78 is 5.50. The lowest BCUT2D eigenvalue weighted by molar-refractivity contribution is 0.193. The van der Waals surface area contributed by atoms with Crippen LogP contribution in [0.5, 0.6) is 0 Å². The van der Waals surface area contributed by atoms with Crippen molar-refractivity contribution >= 4 is 11.8 Å². The highest BCUT2D eigenvalue weighted by molar-refractivity contribution is 5.49. The Morgan fingerprint density at radius 2 is 2.32 bits per heavy atom. The molecule has 0 bridgehead atoms. The summed E-state index contributed by atoms with van der Waals surface area (Å²) in [5.41, 5.74) is 1.18. The minimum Gasteiger partial charge on any atom is -0.395 e. The molecule has 122 valence electrons. The van der Waals surface area contributed by atoms with Gasteiger partial charge in [0.15, 0.2) is 0 Å². The molecule has 6 heteroatoms. The molecule has 22 heavy (non-hydrogen) atoms. The Labute approximate surface area is 131 Å². The Kier molecular flexibility index (Phi) is 4.49. The molecule has 3 rings (SSSR count). The topological polar surface area (TPSA) is 70.5 Å². The molecule has 0 unspecified atom stereocenters. The number of ether oxygens (including phenoxy) is 1. The van der Waals surface area contributed by atoms with Crippen LogP contribution in [0.4, 0.5) is 11.8 Å². The quantitative estimate of drug-likeness (QED) is 0.864. The Morgan fingerprint density at radius 1 is 1.45 bits per heavy atom. The van der Waals surface area contributed by atoms with E-state index in [2.05, 4.69) is 40.1 Å². The Bertz CT molecular complexity index is 515. The molecule has 6 nitrogen and oxygen atoms in total. The number of hydrogen-bond acceptors (Lipinski definition) is 6. The van der Waals surface area contributed by atoms with Gasteiger partial charge in [0.05, 0.1) is 18.9 Å². The van der Waals surface area contributed by atoms with Crippen molar-refractivity contribution in [2.24, 2.45) is 0 Å². The fourth-order valence-corrected chi connectivity index (χ4v) is 3.35. The molecule has 0 spiro atoms. The standard InChI is InChI=1S/C16H26N4O2/c1-16(2)5-3-7-20(16)14-10-13(12-4-9-22-11-12)18-15(19-14)17-6-8-21/h10,12,21H,3-9,11H2,1-2H3,(H,17,18,19)/t12-/m0/s1. The molecule has 2 fully saturated rings. The van der Waals surface area contributed by atoms with Gasteiger partial charge < -0.3 is 20.1 Å². The number of rotatable bonds is 5. The fourth-order valence-electron chi connectivity index (χ4n) is 3.35. The first-order chi connectivity index (χ1) is 10.6. The minimum absolute atomic E-state index is 0.0741. The molecule has 1 atom stereocenters. The van der Waals surface area contributed by atoms with Crippen LogP contribution in [0.2, 0.25) is 0 Å². The molecule has 2 aliphatic heterocycles. The van der Waals surface area contributed by atoms with Gasteiger partial charge >= 0.3 is 0 Å². The van der Waals surface area contributed by atoms with Gasteiger partial charge in [-0.3, -0.25) is 0 Å². The number of aliphatic hydroxyl groups is 1. The third-order valence-corrected chi connectivity index (χ3v) is 4.65. The zero-order valence-electron chi connectivity index (χ0n) is 13.5. The largest absolute Gasteiger partial charge is 0.395 e. The second kappa shape index (κ2) is 6.38. The van der Waals surface area contributed by atoms with E-state index in [1.165, 1.54) is 12.8 Å². The van der Waals surface area contributed by atoms with Crippen molar-refractivity contribution < 1.29 is 9.84 Å². The molecule has 0 aromatic carbocycles. The second-order valence-corrected chi connectivity index (χ2v) is 6.75. The van der Waals surface area contributed by atoms with Gasteiger partial charge in [0.1, 0.15) is 5.82 Å². The average Bonchev–Trinajstić information content (AvgIpc) is 3.14. The number of anilines is 2. The van der Waals surface area contributed by atoms with Crippen LogP contribution in [0.15, 0.2) is 6.07 Å². The number of hydrogen-bond donors (Lipinski definition) is 2. The predicted octanol–water partition coefficient (Wildman–Crippen LogP) is 1.76. The molecule has 0 radical (unpaired) electrons. The van der Waals surface area contributed by atoms with Crippen LogP contribution in [-0.2, 0) is 4.74 Å². The maximum absolute atomic E-state index is 9.02. The minimum atomic E-state index is 0.0741. The zero-order chi connectivity index (χ0) is 15.6. The summed E-state index contributed by atoms with van der Waals surface area (Å²) in [4.78, 5) is 11.7. The van der Waals surface area contributed by atoms with E-state index in [0.29, 0.717) is 18.4 Å². The summed E-state index contributed by atoms with van der Waals surface area (Å²) in [7, 11) is 0. The first kappa shape index (κ1) is 15.5. The maximum atomic E-state index is 9.02. The summed E-state index contributed by atoms with van der Waals surface area (Å²) in [6.45, 7) is 7.64. The van der Waals surface area contributed by atoms with Gasteiger partial charge in [0.25, 0.3) is 0 Å². The zero-order valence-corrected chi connectivity index (χ0v) is 13.5. The van der Waals surface area contributed by atoms with Crippen LogP contribution in [0, 0.1) is 0 Å². The van der Waals surface area contributed by atoms with Crippen LogP contribution >= 0.6 is 0 Å². The van der Waals surface area contributed by atoms with E-state index in [1.807, 2.05) is 0 Å². The summed E-state index contributed by atoms with van der Waals surface area (Å²) in [5.74, 6) is 1.94. The number of aliphatic hydroxyl groups excluding tert-OH is 1. The monoisotopic (exact) mass is 306 g/mol. The molecule has 0 amide bonds. The van der Waals surface area contributed by atoms with Crippen molar-refractivity contribution in [1.29, 1.82) is 0 Å². The molecular weight excluding hydrogens is 280 g/mol. The molecule has 0 aliphatic carbocycles. The van der Waals surface area contributed by atoms with E-state index < -0.39 is 0 Å².